The normalized spacial score (nSPS) is 15.6. The average molecular weight is 280 g/mol. The van der Waals surface area contributed by atoms with Crippen molar-refractivity contribution in [3.8, 4) is 5.75 Å². The molecule has 1 aliphatic rings. The lowest BCUT2D eigenvalue weighted by Gasteiger charge is -2.20. The topological polar surface area (TPSA) is 26.3 Å². The lowest BCUT2D eigenvalue weighted by Crippen LogP contribution is -2.44. The molecule has 1 aromatic rings. The number of ether oxygens (including phenoxy) is 1. The van der Waals surface area contributed by atoms with Crippen LogP contribution in [-0.4, -0.2) is 24.5 Å². The van der Waals surface area contributed by atoms with E-state index in [1.807, 2.05) is 0 Å². The molecule has 1 aromatic carbocycles. The third-order valence-electron chi connectivity index (χ3n) is 2.81. The van der Waals surface area contributed by atoms with Crippen LogP contribution in [0.5, 0.6) is 5.75 Å². The van der Waals surface area contributed by atoms with E-state index in [9.17, 15) is 26.7 Å². The van der Waals surface area contributed by atoms with Gasteiger partial charge in [0, 0.05) is 5.56 Å². The molecule has 0 fully saturated rings. The Morgan fingerprint density at radius 1 is 1.16 bits per heavy atom. The predicted octanol–water partition coefficient (Wildman–Crippen LogP) is 3.39. The molecule has 0 spiro atoms. The number of carbonyl (C=O) groups excluding carboxylic acids is 1. The molecule has 0 aromatic heterocycles. The van der Waals surface area contributed by atoms with Crippen LogP contribution in [0.4, 0.5) is 22.0 Å². The van der Waals surface area contributed by atoms with Gasteiger partial charge in [-0.2, -0.15) is 22.0 Å². The molecule has 2 rings (SSSR count). The van der Waals surface area contributed by atoms with Crippen molar-refractivity contribution >= 4 is 5.78 Å². The third-order valence-corrected chi connectivity index (χ3v) is 2.81. The zero-order valence-electron chi connectivity index (χ0n) is 9.56. The Labute approximate surface area is 105 Å². The number of carbonyl (C=O) groups is 1. The molecule has 1 heterocycles. The van der Waals surface area contributed by atoms with E-state index < -0.39 is 23.4 Å². The third kappa shape index (κ3) is 2.41. The molecule has 2 nitrogen and oxygen atoms in total. The predicted molar refractivity (Wildman–Crippen MR) is 55.6 cm³/mol. The highest BCUT2D eigenvalue weighted by molar-refractivity contribution is 6.02. The molecule has 0 amide bonds. The second-order valence-corrected chi connectivity index (χ2v) is 4.18. The molecule has 0 radical (unpaired) electrons. The molecule has 104 valence electrons. The van der Waals surface area contributed by atoms with E-state index >= 15 is 0 Å². The number of benzene rings is 1. The SMILES string of the molecule is O=C(c1ccc2c(c1)CCCO2)C(F)(F)C(F)(F)F. The number of fused-ring (bicyclic) bond motifs is 1. The first-order valence-electron chi connectivity index (χ1n) is 5.48. The molecule has 0 saturated heterocycles. The number of Topliss-reactive ketones (excluding diaryl/α,β-unsaturated/α-hetero) is 1. The van der Waals surface area contributed by atoms with Crippen molar-refractivity contribution in [2.24, 2.45) is 0 Å². The van der Waals surface area contributed by atoms with Crippen LogP contribution >= 0.6 is 0 Å². The van der Waals surface area contributed by atoms with Crippen LogP contribution in [0.2, 0.25) is 0 Å². The van der Waals surface area contributed by atoms with Gasteiger partial charge in [-0.25, -0.2) is 0 Å². The summed E-state index contributed by atoms with van der Waals surface area (Å²) in [5.41, 5.74) is -0.193. The Kier molecular flexibility index (Phi) is 3.24. The Hall–Kier alpha value is -1.66. The van der Waals surface area contributed by atoms with E-state index in [0.717, 1.165) is 12.1 Å². The van der Waals surface area contributed by atoms with Gasteiger partial charge in [0.05, 0.1) is 6.61 Å². The van der Waals surface area contributed by atoms with Crippen molar-refractivity contribution in [3.05, 3.63) is 29.3 Å². The van der Waals surface area contributed by atoms with Crippen LogP contribution in [-0.2, 0) is 6.42 Å². The fourth-order valence-electron chi connectivity index (χ4n) is 1.81. The monoisotopic (exact) mass is 280 g/mol. The number of aryl methyl sites for hydroxylation is 1. The summed E-state index contributed by atoms with van der Waals surface area (Å²) >= 11 is 0. The quantitative estimate of drug-likeness (QED) is 0.613. The van der Waals surface area contributed by atoms with E-state index in [-0.39, 0.29) is 0 Å². The van der Waals surface area contributed by atoms with E-state index in [1.165, 1.54) is 6.07 Å². The molecule has 0 aliphatic carbocycles. The maximum Gasteiger partial charge on any atom is 0.461 e. The standard InChI is InChI=1S/C12H9F5O2/c13-11(14,12(15,16)17)10(18)8-3-4-9-7(6-8)2-1-5-19-9/h3-4,6H,1-2,5H2. The number of hydrogen-bond donors (Lipinski definition) is 0. The van der Waals surface area contributed by atoms with Crippen molar-refractivity contribution in [1.29, 1.82) is 0 Å². The van der Waals surface area contributed by atoms with Crippen molar-refractivity contribution in [2.45, 2.75) is 24.9 Å². The highest BCUT2D eigenvalue weighted by atomic mass is 19.4. The van der Waals surface area contributed by atoms with Crippen LogP contribution < -0.4 is 4.74 Å². The highest BCUT2D eigenvalue weighted by Gasteiger charge is 2.63. The first kappa shape index (κ1) is 13.8. The summed E-state index contributed by atoms with van der Waals surface area (Å²) in [6, 6.07) is 3.21. The second kappa shape index (κ2) is 4.47. The van der Waals surface area contributed by atoms with Crippen LogP contribution in [0.25, 0.3) is 0 Å². The fourth-order valence-corrected chi connectivity index (χ4v) is 1.81. The summed E-state index contributed by atoms with van der Waals surface area (Å²) in [5.74, 6) is -7.21. The van der Waals surface area contributed by atoms with Gasteiger partial charge >= 0.3 is 12.1 Å². The lowest BCUT2D eigenvalue weighted by atomic mass is 9.98. The maximum atomic E-state index is 12.9. The maximum absolute atomic E-state index is 12.9. The van der Waals surface area contributed by atoms with Crippen molar-refractivity contribution in [3.63, 3.8) is 0 Å². The van der Waals surface area contributed by atoms with Gasteiger partial charge in [0.25, 0.3) is 0 Å². The second-order valence-electron chi connectivity index (χ2n) is 4.18. The van der Waals surface area contributed by atoms with E-state index in [1.54, 1.807) is 0 Å². The van der Waals surface area contributed by atoms with Gasteiger partial charge in [0.1, 0.15) is 5.75 Å². The minimum Gasteiger partial charge on any atom is -0.493 e. The van der Waals surface area contributed by atoms with Crippen molar-refractivity contribution < 1.29 is 31.5 Å². The Morgan fingerprint density at radius 2 is 1.84 bits per heavy atom. The summed E-state index contributed by atoms with van der Waals surface area (Å²) in [5, 5.41) is 0. The minimum atomic E-state index is -5.89. The molecular formula is C12H9F5O2. The zero-order valence-corrected chi connectivity index (χ0v) is 9.56. The van der Waals surface area contributed by atoms with Gasteiger partial charge in [0.2, 0.25) is 5.78 Å². The molecule has 0 atom stereocenters. The van der Waals surface area contributed by atoms with Gasteiger partial charge < -0.3 is 4.74 Å². The van der Waals surface area contributed by atoms with Crippen LogP contribution in [0.1, 0.15) is 22.3 Å². The van der Waals surface area contributed by atoms with Gasteiger partial charge in [-0.3, -0.25) is 4.79 Å². The number of ketones is 1. The summed E-state index contributed by atoms with van der Waals surface area (Å²) in [6.45, 7) is 0.457. The van der Waals surface area contributed by atoms with E-state index in [4.69, 9.17) is 4.74 Å². The number of hydrogen-bond acceptors (Lipinski definition) is 2. The average Bonchev–Trinajstić information content (AvgIpc) is 2.36. The van der Waals surface area contributed by atoms with E-state index in [2.05, 4.69) is 0 Å². The molecule has 0 N–H and O–H groups in total. The summed E-state index contributed by atoms with van der Waals surface area (Å²) < 4.78 is 67.4. The van der Waals surface area contributed by atoms with E-state index in [0.29, 0.717) is 30.8 Å². The molecule has 1 aliphatic heterocycles. The summed E-state index contributed by atoms with van der Waals surface area (Å²) in [6.07, 6.45) is -4.79. The van der Waals surface area contributed by atoms with Gasteiger partial charge in [-0.15, -0.1) is 0 Å². The van der Waals surface area contributed by atoms with Crippen LogP contribution in [0, 0.1) is 0 Å². The van der Waals surface area contributed by atoms with Gasteiger partial charge in [0.15, 0.2) is 0 Å². The Balaban J connectivity index is 2.35. The Morgan fingerprint density at radius 3 is 2.47 bits per heavy atom. The van der Waals surface area contributed by atoms with Crippen LogP contribution in [0.3, 0.4) is 0 Å². The number of rotatable bonds is 2. The minimum absolute atomic E-state index is 0.415. The largest absolute Gasteiger partial charge is 0.493 e. The molecule has 0 bridgehead atoms. The first-order valence-corrected chi connectivity index (χ1v) is 5.48. The van der Waals surface area contributed by atoms with Gasteiger partial charge in [-0.05, 0) is 36.6 Å². The summed E-state index contributed by atoms with van der Waals surface area (Å²) in [4.78, 5) is 11.3. The van der Waals surface area contributed by atoms with Gasteiger partial charge in [-0.1, -0.05) is 0 Å². The first-order chi connectivity index (χ1) is 8.73. The number of halogens is 5. The smallest absolute Gasteiger partial charge is 0.461 e. The van der Waals surface area contributed by atoms with Crippen LogP contribution in [0.15, 0.2) is 18.2 Å². The fraction of sp³-hybridized carbons (Fsp3) is 0.417. The zero-order chi connectivity index (χ0) is 14.3. The molecule has 7 heteroatoms. The summed E-state index contributed by atoms with van der Waals surface area (Å²) in [7, 11) is 0. The number of alkyl halides is 5. The highest BCUT2D eigenvalue weighted by Crippen LogP contribution is 2.38. The van der Waals surface area contributed by atoms with Crippen molar-refractivity contribution in [1.82, 2.24) is 0 Å². The molecular weight excluding hydrogens is 271 g/mol. The molecule has 0 unspecified atom stereocenters. The Bertz CT molecular complexity index is 507. The van der Waals surface area contributed by atoms with Crippen molar-refractivity contribution in [2.75, 3.05) is 6.61 Å². The molecule has 0 saturated carbocycles. The molecule has 19 heavy (non-hydrogen) atoms. The lowest BCUT2D eigenvalue weighted by molar-refractivity contribution is -0.255.